The minimum Gasteiger partial charge on any atom is -0.507 e. The first-order valence-electron chi connectivity index (χ1n) is 8.25. The summed E-state index contributed by atoms with van der Waals surface area (Å²) in [5.41, 5.74) is 0.204. The van der Waals surface area contributed by atoms with Crippen molar-refractivity contribution in [2.75, 3.05) is 53.6 Å². The lowest BCUT2D eigenvalue weighted by Crippen LogP contribution is -2.46. The van der Waals surface area contributed by atoms with Crippen molar-refractivity contribution < 1.29 is 19.4 Å². The van der Waals surface area contributed by atoms with Gasteiger partial charge in [0.15, 0.2) is 0 Å². The van der Waals surface area contributed by atoms with Crippen LogP contribution in [0.25, 0.3) is 0 Å². The van der Waals surface area contributed by atoms with Crippen molar-refractivity contribution in [1.29, 1.82) is 0 Å². The highest BCUT2D eigenvalue weighted by Gasteiger charge is 2.27. The Bertz CT molecular complexity index is 568. The molecule has 0 spiro atoms. The number of phenolic OH excluding ortho intramolecular Hbond substituents is 1. The Morgan fingerprint density at radius 1 is 1.38 bits per heavy atom. The number of ether oxygens (including phenoxy) is 2. The molecule has 0 atom stereocenters. The Balaban J connectivity index is 2.02. The van der Waals surface area contributed by atoms with Crippen molar-refractivity contribution in [1.82, 2.24) is 9.80 Å². The first-order valence-corrected chi connectivity index (χ1v) is 8.25. The summed E-state index contributed by atoms with van der Waals surface area (Å²) in [7, 11) is 3.30. The van der Waals surface area contributed by atoms with E-state index in [9.17, 15) is 9.90 Å². The Morgan fingerprint density at radius 3 is 2.67 bits per heavy atom. The van der Waals surface area contributed by atoms with Crippen LogP contribution in [0, 0.1) is 5.41 Å². The molecule has 0 bridgehead atoms. The molecular weight excluding hydrogens is 308 g/mol. The van der Waals surface area contributed by atoms with Gasteiger partial charge in [0.2, 0.25) is 0 Å². The number of methoxy groups -OCH3 is 1. The minimum absolute atomic E-state index is 0.0290. The van der Waals surface area contributed by atoms with Crippen molar-refractivity contribution in [2.24, 2.45) is 5.41 Å². The predicted octanol–water partition coefficient (Wildman–Crippen LogP) is 1.83. The van der Waals surface area contributed by atoms with Crippen molar-refractivity contribution in [3.05, 3.63) is 23.8 Å². The normalized spacial score (nSPS) is 16.0. The van der Waals surface area contributed by atoms with Gasteiger partial charge in [-0.1, -0.05) is 13.8 Å². The van der Waals surface area contributed by atoms with E-state index in [2.05, 4.69) is 18.7 Å². The van der Waals surface area contributed by atoms with Gasteiger partial charge in [-0.05, 0) is 23.6 Å². The summed E-state index contributed by atoms with van der Waals surface area (Å²) < 4.78 is 10.5. The number of benzene rings is 1. The first kappa shape index (κ1) is 18.5. The molecule has 0 unspecified atom stereocenters. The van der Waals surface area contributed by atoms with Gasteiger partial charge in [-0.25, -0.2) is 0 Å². The van der Waals surface area contributed by atoms with Crippen LogP contribution in [0.2, 0.25) is 0 Å². The van der Waals surface area contributed by atoms with E-state index in [4.69, 9.17) is 9.47 Å². The lowest BCUT2D eigenvalue weighted by molar-refractivity contribution is 0.0162. The minimum atomic E-state index is -0.207. The Kier molecular flexibility index (Phi) is 6.07. The fourth-order valence-corrected chi connectivity index (χ4v) is 3.15. The van der Waals surface area contributed by atoms with E-state index in [1.165, 1.54) is 13.2 Å². The average molecular weight is 336 g/mol. The molecule has 0 aliphatic carbocycles. The van der Waals surface area contributed by atoms with Crippen molar-refractivity contribution in [3.8, 4) is 11.5 Å². The van der Waals surface area contributed by atoms with Crippen LogP contribution in [0.5, 0.6) is 11.5 Å². The van der Waals surface area contributed by atoms with Gasteiger partial charge < -0.3 is 19.5 Å². The molecule has 1 fully saturated rings. The summed E-state index contributed by atoms with van der Waals surface area (Å²) in [5, 5.41) is 9.98. The third-order valence-electron chi connectivity index (χ3n) is 4.20. The van der Waals surface area contributed by atoms with Crippen molar-refractivity contribution in [3.63, 3.8) is 0 Å². The number of nitrogens with zero attached hydrogens (tertiary/aromatic N) is 2. The zero-order valence-electron chi connectivity index (χ0n) is 15.0. The standard InChI is InChI=1S/C18H28N2O4/c1-18(2,13-20-7-9-24-10-8-20)12-19(3)17(22)15-11-14(23-4)5-6-16(15)21/h5-6,11,21H,7-10,12-13H2,1-4H3. The highest BCUT2D eigenvalue weighted by atomic mass is 16.5. The van der Waals surface area contributed by atoms with Gasteiger partial charge >= 0.3 is 0 Å². The van der Waals surface area contributed by atoms with Crippen LogP contribution in [0.15, 0.2) is 18.2 Å². The van der Waals surface area contributed by atoms with Crippen LogP contribution >= 0.6 is 0 Å². The number of carbonyl (C=O) groups excluding carboxylic acids is 1. The van der Waals surface area contributed by atoms with Gasteiger partial charge in [0.1, 0.15) is 11.5 Å². The molecule has 1 aromatic rings. The first-order chi connectivity index (χ1) is 11.3. The largest absolute Gasteiger partial charge is 0.507 e. The quantitative estimate of drug-likeness (QED) is 0.859. The second-order valence-electron chi connectivity index (χ2n) is 7.10. The fourth-order valence-electron chi connectivity index (χ4n) is 3.15. The van der Waals surface area contributed by atoms with Crippen molar-refractivity contribution >= 4 is 5.91 Å². The zero-order valence-corrected chi connectivity index (χ0v) is 15.0. The summed E-state index contributed by atoms with van der Waals surface area (Å²) in [6.45, 7) is 9.19. The Morgan fingerprint density at radius 2 is 2.04 bits per heavy atom. The number of phenols is 1. The van der Waals surface area contributed by atoms with Crippen LogP contribution in [-0.2, 0) is 4.74 Å². The maximum Gasteiger partial charge on any atom is 0.257 e. The van der Waals surface area contributed by atoms with Gasteiger partial charge in [0.05, 0.1) is 25.9 Å². The van der Waals surface area contributed by atoms with E-state index < -0.39 is 0 Å². The predicted molar refractivity (Wildman–Crippen MR) is 92.7 cm³/mol. The monoisotopic (exact) mass is 336 g/mol. The summed E-state index contributed by atoms with van der Waals surface area (Å²) in [5.74, 6) is 0.317. The van der Waals surface area contributed by atoms with Crippen LogP contribution in [0.4, 0.5) is 0 Å². The molecule has 1 aliphatic heterocycles. The van der Waals surface area contributed by atoms with Gasteiger partial charge in [0.25, 0.3) is 5.91 Å². The lowest BCUT2D eigenvalue weighted by Gasteiger charge is -2.37. The number of morpholine rings is 1. The van der Waals surface area contributed by atoms with E-state index in [1.54, 1.807) is 24.1 Å². The molecule has 0 aromatic heterocycles. The SMILES string of the molecule is COc1ccc(O)c(C(=O)N(C)CC(C)(C)CN2CCOCC2)c1. The number of amides is 1. The maximum absolute atomic E-state index is 12.7. The molecule has 1 heterocycles. The summed E-state index contributed by atoms with van der Waals surface area (Å²) in [4.78, 5) is 16.7. The summed E-state index contributed by atoms with van der Waals surface area (Å²) in [6.07, 6.45) is 0. The van der Waals surface area contributed by atoms with Crippen molar-refractivity contribution in [2.45, 2.75) is 13.8 Å². The topological polar surface area (TPSA) is 62.2 Å². The van der Waals surface area contributed by atoms with Crippen LogP contribution < -0.4 is 4.74 Å². The van der Waals surface area contributed by atoms with Gasteiger partial charge in [-0.15, -0.1) is 0 Å². The Hall–Kier alpha value is -1.79. The third kappa shape index (κ3) is 4.85. The molecule has 0 radical (unpaired) electrons. The molecule has 24 heavy (non-hydrogen) atoms. The maximum atomic E-state index is 12.7. The lowest BCUT2D eigenvalue weighted by atomic mass is 9.91. The summed E-state index contributed by atoms with van der Waals surface area (Å²) in [6, 6.07) is 4.69. The molecule has 6 nitrogen and oxygen atoms in total. The third-order valence-corrected chi connectivity index (χ3v) is 4.20. The second kappa shape index (κ2) is 7.85. The highest BCUT2D eigenvalue weighted by Crippen LogP contribution is 2.26. The smallest absolute Gasteiger partial charge is 0.257 e. The van der Waals surface area contributed by atoms with E-state index in [0.29, 0.717) is 12.3 Å². The zero-order chi connectivity index (χ0) is 17.7. The number of hydrogen-bond acceptors (Lipinski definition) is 5. The van der Waals surface area contributed by atoms with Gasteiger partial charge in [-0.3, -0.25) is 9.69 Å². The highest BCUT2D eigenvalue weighted by molar-refractivity contribution is 5.97. The molecule has 1 saturated heterocycles. The molecule has 1 aromatic carbocycles. The average Bonchev–Trinajstić information content (AvgIpc) is 2.54. The molecule has 2 rings (SSSR count). The molecule has 1 N–H and O–H groups in total. The number of carbonyl (C=O) groups is 1. The molecule has 134 valence electrons. The van der Waals surface area contributed by atoms with E-state index in [1.807, 2.05) is 0 Å². The van der Waals surface area contributed by atoms with Crippen LogP contribution in [0.1, 0.15) is 24.2 Å². The molecule has 1 aliphatic rings. The summed E-state index contributed by atoms with van der Waals surface area (Å²) >= 11 is 0. The van der Waals surface area contributed by atoms with E-state index in [0.717, 1.165) is 32.8 Å². The molecule has 0 saturated carbocycles. The fraction of sp³-hybridized carbons (Fsp3) is 0.611. The van der Waals surface area contributed by atoms with E-state index >= 15 is 0 Å². The Labute approximate surface area is 144 Å². The second-order valence-corrected chi connectivity index (χ2v) is 7.10. The van der Waals surface area contributed by atoms with Crippen LogP contribution in [-0.4, -0.2) is 74.4 Å². The molecular formula is C18H28N2O4. The molecule has 6 heteroatoms. The van der Waals surface area contributed by atoms with Gasteiger partial charge in [0, 0.05) is 33.2 Å². The van der Waals surface area contributed by atoms with Crippen LogP contribution in [0.3, 0.4) is 0 Å². The number of aromatic hydroxyl groups is 1. The van der Waals surface area contributed by atoms with Gasteiger partial charge in [-0.2, -0.15) is 0 Å². The van der Waals surface area contributed by atoms with E-state index in [-0.39, 0.29) is 22.6 Å². The number of rotatable bonds is 6. The molecule has 1 amide bonds. The number of hydrogen-bond donors (Lipinski definition) is 1.